The largest absolute Gasteiger partial charge is 0.497 e. The third kappa shape index (κ3) is 2.68. The molecule has 3 rings (SSSR count). The Morgan fingerprint density at radius 2 is 2.00 bits per heavy atom. The van der Waals surface area contributed by atoms with Gasteiger partial charge in [-0.2, -0.15) is 5.10 Å². The molecule has 0 aliphatic heterocycles. The van der Waals surface area contributed by atoms with Crippen molar-refractivity contribution in [1.82, 2.24) is 14.7 Å². The van der Waals surface area contributed by atoms with Gasteiger partial charge in [-0.3, -0.25) is 9.48 Å². The van der Waals surface area contributed by atoms with Gasteiger partial charge in [0.2, 0.25) is 5.91 Å². The molecule has 0 unspecified atom stereocenters. The Morgan fingerprint density at radius 1 is 1.33 bits per heavy atom. The van der Waals surface area contributed by atoms with Gasteiger partial charge in [0.15, 0.2) is 0 Å². The Hall–Kier alpha value is -2.30. The van der Waals surface area contributed by atoms with Crippen molar-refractivity contribution in [3.8, 4) is 5.75 Å². The van der Waals surface area contributed by atoms with Crippen LogP contribution in [0, 0.1) is 5.41 Å². The highest BCUT2D eigenvalue weighted by Gasteiger charge is 2.67. The quantitative estimate of drug-likeness (QED) is 0.819. The molecular weight excluding hydrogens is 302 g/mol. The average Bonchev–Trinajstić information content (AvgIpc) is 2.93. The van der Waals surface area contributed by atoms with E-state index in [1.807, 2.05) is 53.2 Å². The summed E-state index contributed by atoms with van der Waals surface area (Å²) >= 11 is 0. The van der Waals surface area contributed by atoms with Crippen LogP contribution in [-0.4, -0.2) is 41.3 Å². The number of rotatable bonds is 6. The molecule has 1 aliphatic carbocycles. The molecule has 24 heavy (non-hydrogen) atoms. The van der Waals surface area contributed by atoms with Crippen LogP contribution < -0.4 is 4.74 Å². The Kier molecular flexibility index (Phi) is 4.11. The van der Waals surface area contributed by atoms with Crippen LogP contribution in [0.3, 0.4) is 0 Å². The summed E-state index contributed by atoms with van der Waals surface area (Å²) in [5.41, 5.74) is 0.612. The number of methoxy groups -OCH3 is 1. The summed E-state index contributed by atoms with van der Waals surface area (Å²) in [6, 6.07) is 9.80. The molecule has 1 atom stereocenters. The number of aromatic nitrogens is 2. The zero-order valence-corrected chi connectivity index (χ0v) is 14.8. The molecule has 1 aromatic carbocycles. The fourth-order valence-electron chi connectivity index (χ4n) is 3.59. The van der Waals surface area contributed by atoms with E-state index in [0.717, 1.165) is 17.7 Å². The first-order valence-electron chi connectivity index (χ1n) is 8.28. The molecule has 1 amide bonds. The Bertz CT molecular complexity index is 707. The number of amides is 1. The molecule has 5 nitrogen and oxygen atoms in total. The molecule has 1 heterocycles. The molecule has 1 fully saturated rings. The van der Waals surface area contributed by atoms with E-state index in [1.165, 1.54) is 0 Å². The lowest BCUT2D eigenvalue weighted by molar-refractivity contribution is -0.133. The molecule has 1 aromatic heterocycles. The molecular formula is C19H25N3O2. The van der Waals surface area contributed by atoms with E-state index in [2.05, 4.69) is 18.9 Å². The summed E-state index contributed by atoms with van der Waals surface area (Å²) < 4.78 is 7.09. The van der Waals surface area contributed by atoms with Crippen LogP contribution in [0.25, 0.3) is 0 Å². The van der Waals surface area contributed by atoms with Gasteiger partial charge >= 0.3 is 0 Å². The predicted octanol–water partition coefficient (Wildman–Crippen LogP) is 2.72. The first-order valence-corrected chi connectivity index (χ1v) is 8.28. The lowest BCUT2D eigenvalue weighted by Crippen LogP contribution is -2.40. The van der Waals surface area contributed by atoms with Gasteiger partial charge in [0.05, 0.1) is 19.1 Å². The van der Waals surface area contributed by atoms with E-state index >= 15 is 0 Å². The van der Waals surface area contributed by atoms with Crippen molar-refractivity contribution in [2.75, 3.05) is 20.7 Å². The van der Waals surface area contributed by atoms with Gasteiger partial charge in [-0.1, -0.05) is 26.0 Å². The van der Waals surface area contributed by atoms with Crippen LogP contribution in [0.1, 0.15) is 25.8 Å². The molecule has 0 spiro atoms. The van der Waals surface area contributed by atoms with E-state index in [0.29, 0.717) is 13.1 Å². The van der Waals surface area contributed by atoms with E-state index in [-0.39, 0.29) is 11.3 Å². The molecule has 1 saturated carbocycles. The van der Waals surface area contributed by atoms with E-state index in [1.54, 1.807) is 13.3 Å². The fraction of sp³-hybridized carbons (Fsp3) is 0.474. The average molecular weight is 327 g/mol. The van der Waals surface area contributed by atoms with Crippen molar-refractivity contribution in [3.63, 3.8) is 0 Å². The minimum Gasteiger partial charge on any atom is -0.497 e. The first kappa shape index (κ1) is 16.6. The predicted molar refractivity (Wildman–Crippen MR) is 92.9 cm³/mol. The molecule has 2 aromatic rings. The summed E-state index contributed by atoms with van der Waals surface area (Å²) in [5.74, 6) is 0.997. The van der Waals surface area contributed by atoms with Crippen LogP contribution in [0.15, 0.2) is 42.7 Å². The van der Waals surface area contributed by atoms with Crippen LogP contribution >= 0.6 is 0 Å². The maximum Gasteiger partial charge on any atom is 0.233 e. The second kappa shape index (κ2) is 5.96. The third-order valence-electron chi connectivity index (χ3n) is 5.26. The van der Waals surface area contributed by atoms with Crippen molar-refractivity contribution >= 4 is 5.91 Å². The zero-order valence-electron chi connectivity index (χ0n) is 14.8. The maximum absolute atomic E-state index is 13.2. The van der Waals surface area contributed by atoms with Gasteiger partial charge in [-0.25, -0.2) is 0 Å². The number of hydrogen-bond acceptors (Lipinski definition) is 3. The number of likely N-dealkylation sites (N-methyl/N-ethyl adjacent to an activating group) is 1. The summed E-state index contributed by atoms with van der Waals surface area (Å²) in [6.45, 7) is 5.68. The van der Waals surface area contributed by atoms with E-state index < -0.39 is 5.41 Å². The minimum atomic E-state index is -0.432. The van der Waals surface area contributed by atoms with Crippen molar-refractivity contribution in [1.29, 1.82) is 0 Å². The highest BCUT2D eigenvalue weighted by atomic mass is 16.5. The highest BCUT2D eigenvalue weighted by Crippen LogP contribution is 2.65. The lowest BCUT2D eigenvalue weighted by Gasteiger charge is -2.27. The number of carbonyl (C=O) groups is 1. The van der Waals surface area contributed by atoms with Crippen LogP contribution in [0.2, 0.25) is 0 Å². The zero-order chi connectivity index (χ0) is 17.4. The van der Waals surface area contributed by atoms with Crippen LogP contribution in [-0.2, 0) is 16.8 Å². The number of ether oxygens (including phenoxy) is 1. The third-order valence-corrected chi connectivity index (χ3v) is 5.26. The monoisotopic (exact) mass is 327 g/mol. The number of hydrogen-bond donors (Lipinski definition) is 0. The van der Waals surface area contributed by atoms with E-state index in [9.17, 15) is 4.79 Å². The standard InChI is InChI=1S/C19H25N3O2/c1-18(2)14-19(18,15-6-8-16(24-4)9-7-15)17(23)21(3)12-13-22-11-5-10-20-22/h5-11H,12-14H2,1-4H3/t19-/m0/s1. The van der Waals surface area contributed by atoms with Crippen molar-refractivity contribution < 1.29 is 9.53 Å². The SMILES string of the molecule is COc1ccc([C@]2(C(=O)N(C)CCn3cccn3)CC2(C)C)cc1. The van der Waals surface area contributed by atoms with Gasteiger partial charge in [-0.15, -0.1) is 0 Å². The topological polar surface area (TPSA) is 47.4 Å². The fourth-order valence-corrected chi connectivity index (χ4v) is 3.59. The van der Waals surface area contributed by atoms with Crippen molar-refractivity contribution in [3.05, 3.63) is 48.3 Å². The van der Waals surface area contributed by atoms with Gasteiger partial charge in [0.25, 0.3) is 0 Å². The van der Waals surface area contributed by atoms with Gasteiger partial charge in [0.1, 0.15) is 5.75 Å². The molecule has 0 bridgehead atoms. The van der Waals surface area contributed by atoms with Gasteiger partial charge in [0, 0.05) is 26.0 Å². The Morgan fingerprint density at radius 3 is 2.50 bits per heavy atom. The second-order valence-electron chi connectivity index (χ2n) is 7.19. The molecule has 0 saturated heterocycles. The van der Waals surface area contributed by atoms with E-state index in [4.69, 9.17) is 4.74 Å². The van der Waals surface area contributed by atoms with Crippen molar-refractivity contribution in [2.45, 2.75) is 32.2 Å². The van der Waals surface area contributed by atoms with Crippen LogP contribution in [0.4, 0.5) is 0 Å². The number of nitrogens with zero attached hydrogens (tertiary/aromatic N) is 3. The summed E-state index contributed by atoms with van der Waals surface area (Å²) in [5, 5.41) is 4.20. The smallest absolute Gasteiger partial charge is 0.233 e. The number of benzene rings is 1. The Labute approximate surface area is 143 Å². The number of carbonyl (C=O) groups excluding carboxylic acids is 1. The summed E-state index contributed by atoms with van der Waals surface area (Å²) in [4.78, 5) is 15.1. The normalized spacial score (nSPS) is 21.3. The molecule has 5 heteroatoms. The van der Waals surface area contributed by atoms with Crippen molar-refractivity contribution in [2.24, 2.45) is 5.41 Å². The first-order chi connectivity index (χ1) is 11.4. The second-order valence-corrected chi connectivity index (χ2v) is 7.19. The minimum absolute atomic E-state index is 0.0291. The Balaban J connectivity index is 1.78. The molecule has 0 N–H and O–H groups in total. The summed E-state index contributed by atoms with van der Waals surface area (Å²) in [7, 11) is 3.53. The van der Waals surface area contributed by atoms with Gasteiger partial charge in [-0.05, 0) is 35.6 Å². The summed E-state index contributed by atoms with van der Waals surface area (Å²) in [6.07, 6.45) is 4.54. The molecule has 128 valence electrons. The lowest BCUT2D eigenvalue weighted by atomic mass is 9.86. The van der Waals surface area contributed by atoms with Crippen LogP contribution in [0.5, 0.6) is 5.75 Å². The van der Waals surface area contributed by atoms with Gasteiger partial charge < -0.3 is 9.64 Å². The highest BCUT2D eigenvalue weighted by molar-refractivity contribution is 5.93. The maximum atomic E-state index is 13.2. The molecule has 0 radical (unpaired) electrons. The molecule has 1 aliphatic rings.